The number of rotatable bonds is 3. The maximum Gasteiger partial charge on any atom is 0.0488 e. The monoisotopic (exact) mass is 217 g/mol. The summed E-state index contributed by atoms with van der Waals surface area (Å²) < 4.78 is 2.30. The maximum absolute atomic E-state index is 9.08. The molecule has 0 aliphatic heterocycles. The molecule has 2 aromatic rings. The Labute approximate surface area is 96.5 Å². The summed E-state index contributed by atoms with van der Waals surface area (Å²) in [6.45, 7) is 6.74. The van der Waals surface area contributed by atoms with Crippen LogP contribution >= 0.6 is 0 Å². The highest BCUT2D eigenvalue weighted by atomic mass is 16.2. The molecule has 2 heteroatoms. The molecule has 0 bridgehead atoms. The van der Waals surface area contributed by atoms with E-state index in [9.17, 15) is 0 Å². The smallest absolute Gasteiger partial charge is 0.0488 e. The van der Waals surface area contributed by atoms with Crippen LogP contribution in [0.3, 0.4) is 0 Å². The standard InChI is InChI=1S/C14H19NO/c1-10(2)15-9-11(3)14-12(7-8-16)5-4-6-13(14)15/h4-6,9-10,16H,7-8H2,1-3H3. The van der Waals surface area contributed by atoms with E-state index in [-0.39, 0.29) is 6.61 Å². The van der Waals surface area contributed by atoms with Gasteiger partial charge in [0, 0.05) is 29.7 Å². The average Bonchev–Trinajstić information content (AvgIpc) is 2.58. The highest BCUT2D eigenvalue weighted by molar-refractivity contribution is 5.87. The van der Waals surface area contributed by atoms with E-state index in [4.69, 9.17) is 5.11 Å². The van der Waals surface area contributed by atoms with Gasteiger partial charge in [0.1, 0.15) is 0 Å². The van der Waals surface area contributed by atoms with Crippen LogP contribution in [0.15, 0.2) is 24.4 Å². The first-order valence-corrected chi connectivity index (χ1v) is 5.85. The van der Waals surface area contributed by atoms with E-state index in [0.29, 0.717) is 6.04 Å². The molecule has 0 radical (unpaired) electrons. The Morgan fingerprint density at radius 2 is 2.06 bits per heavy atom. The van der Waals surface area contributed by atoms with Gasteiger partial charge in [0.2, 0.25) is 0 Å². The number of fused-ring (bicyclic) bond motifs is 1. The van der Waals surface area contributed by atoms with Crippen molar-refractivity contribution in [2.45, 2.75) is 33.2 Å². The Kier molecular flexibility index (Phi) is 3.01. The molecule has 0 saturated heterocycles. The van der Waals surface area contributed by atoms with Gasteiger partial charge in [-0.1, -0.05) is 12.1 Å². The zero-order chi connectivity index (χ0) is 11.7. The van der Waals surface area contributed by atoms with Crippen LogP contribution in [0.2, 0.25) is 0 Å². The van der Waals surface area contributed by atoms with Crippen LogP contribution < -0.4 is 0 Å². The lowest BCUT2D eigenvalue weighted by Crippen LogP contribution is -1.98. The Morgan fingerprint density at radius 3 is 2.69 bits per heavy atom. The van der Waals surface area contributed by atoms with Crippen LogP contribution in [0.25, 0.3) is 10.9 Å². The lowest BCUT2D eigenvalue weighted by atomic mass is 10.0. The molecule has 1 aromatic carbocycles. The van der Waals surface area contributed by atoms with E-state index in [1.807, 2.05) is 0 Å². The Bertz CT molecular complexity index is 497. The maximum atomic E-state index is 9.08. The fourth-order valence-electron chi connectivity index (χ4n) is 2.36. The molecule has 0 atom stereocenters. The first kappa shape index (κ1) is 11.2. The van der Waals surface area contributed by atoms with Crippen molar-refractivity contribution in [3.05, 3.63) is 35.5 Å². The summed E-state index contributed by atoms with van der Waals surface area (Å²) in [7, 11) is 0. The van der Waals surface area contributed by atoms with Crippen molar-refractivity contribution < 1.29 is 5.11 Å². The summed E-state index contributed by atoms with van der Waals surface area (Å²) in [6, 6.07) is 6.81. The third-order valence-electron chi connectivity index (χ3n) is 3.07. The Hall–Kier alpha value is -1.28. The van der Waals surface area contributed by atoms with Gasteiger partial charge in [0.05, 0.1) is 0 Å². The van der Waals surface area contributed by atoms with Crippen LogP contribution in [0, 0.1) is 6.92 Å². The quantitative estimate of drug-likeness (QED) is 0.839. The van der Waals surface area contributed by atoms with Crippen LogP contribution in [0.4, 0.5) is 0 Å². The molecule has 1 aromatic heterocycles. The van der Waals surface area contributed by atoms with Crippen molar-refractivity contribution in [2.75, 3.05) is 6.61 Å². The second kappa shape index (κ2) is 4.30. The first-order chi connectivity index (χ1) is 7.65. The van der Waals surface area contributed by atoms with Crippen molar-refractivity contribution in [1.82, 2.24) is 4.57 Å². The average molecular weight is 217 g/mol. The van der Waals surface area contributed by atoms with Gasteiger partial charge in [0.25, 0.3) is 0 Å². The fraction of sp³-hybridized carbons (Fsp3) is 0.429. The molecule has 0 fully saturated rings. The molecule has 0 spiro atoms. The molecule has 1 N–H and O–H groups in total. The predicted octanol–water partition coefficient (Wildman–Crippen LogP) is 3.07. The van der Waals surface area contributed by atoms with Gasteiger partial charge < -0.3 is 9.67 Å². The largest absolute Gasteiger partial charge is 0.396 e. The number of hydrogen-bond donors (Lipinski definition) is 1. The van der Waals surface area contributed by atoms with Gasteiger partial charge in [-0.2, -0.15) is 0 Å². The van der Waals surface area contributed by atoms with E-state index in [0.717, 1.165) is 6.42 Å². The van der Waals surface area contributed by atoms with Crippen LogP contribution in [-0.4, -0.2) is 16.3 Å². The van der Waals surface area contributed by atoms with E-state index in [2.05, 4.69) is 49.7 Å². The summed E-state index contributed by atoms with van der Waals surface area (Å²) in [5.74, 6) is 0. The van der Waals surface area contributed by atoms with Gasteiger partial charge >= 0.3 is 0 Å². The van der Waals surface area contributed by atoms with Gasteiger partial charge in [-0.15, -0.1) is 0 Å². The number of benzene rings is 1. The lowest BCUT2D eigenvalue weighted by molar-refractivity contribution is 0.300. The molecule has 1 heterocycles. The molecule has 0 unspecified atom stereocenters. The number of aryl methyl sites for hydroxylation is 1. The number of aromatic nitrogens is 1. The minimum atomic E-state index is 0.214. The molecular formula is C14H19NO. The fourth-order valence-corrected chi connectivity index (χ4v) is 2.36. The topological polar surface area (TPSA) is 25.2 Å². The summed E-state index contributed by atoms with van der Waals surface area (Å²) in [5.41, 5.74) is 3.82. The molecule has 16 heavy (non-hydrogen) atoms. The van der Waals surface area contributed by atoms with Crippen molar-refractivity contribution in [2.24, 2.45) is 0 Å². The molecule has 2 nitrogen and oxygen atoms in total. The van der Waals surface area contributed by atoms with Crippen molar-refractivity contribution in [1.29, 1.82) is 0 Å². The van der Waals surface area contributed by atoms with Crippen molar-refractivity contribution in [3.63, 3.8) is 0 Å². The zero-order valence-corrected chi connectivity index (χ0v) is 10.2. The van der Waals surface area contributed by atoms with Gasteiger partial charge in [0.15, 0.2) is 0 Å². The summed E-state index contributed by atoms with van der Waals surface area (Å²) >= 11 is 0. The van der Waals surface area contributed by atoms with E-state index >= 15 is 0 Å². The van der Waals surface area contributed by atoms with Crippen LogP contribution in [0.5, 0.6) is 0 Å². The molecule has 86 valence electrons. The van der Waals surface area contributed by atoms with Crippen LogP contribution in [-0.2, 0) is 6.42 Å². The number of hydrogen-bond acceptors (Lipinski definition) is 1. The van der Waals surface area contributed by atoms with E-state index < -0.39 is 0 Å². The second-order valence-electron chi connectivity index (χ2n) is 4.60. The van der Waals surface area contributed by atoms with Gasteiger partial charge in [-0.05, 0) is 44.4 Å². The minimum Gasteiger partial charge on any atom is -0.396 e. The van der Waals surface area contributed by atoms with Crippen LogP contribution in [0.1, 0.15) is 31.0 Å². The van der Waals surface area contributed by atoms with Gasteiger partial charge in [-0.3, -0.25) is 0 Å². The summed E-state index contributed by atoms with van der Waals surface area (Å²) in [6.07, 6.45) is 2.94. The zero-order valence-electron chi connectivity index (χ0n) is 10.2. The van der Waals surface area contributed by atoms with E-state index in [1.165, 1.54) is 22.0 Å². The second-order valence-corrected chi connectivity index (χ2v) is 4.60. The summed E-state index contributed by atoms with van der Waals surface area (Å²) in [5, 5.41) is 10.4. The first-order valence-electron chi connectivity index (χ1n) is 5.85. The molecular weight excluding hydrogens is 198 g/mol. The number of nitrogens with zero attached hydrogens (tertiary/aromatic N) is 1. The van der Waals surface area contributed by atoms with Gasteiger partial charge in [-0.25, -0.2) is 0 Å². The predicted molar refractivity (Wildman–Crippen MR) is 67.8 cm³/mol. The Morgan fingerprint density at radius 1 is 1.31 bits per heavy atom. The van der Waals surface area contributed by atoms with Crippen molar-refractivity contribution >= 4 is 10.9 Å². The Balaban J connectivity index is 2.69. The highest BCUT2D eigenvalue weighted by Crippen LogP contribution is 2.27. The summed E-state index contributed by atoms with van der Waals surface area (Å²) in [4.78, 5) is 0. The molecule has 0 aliphatic rings. The minimum absolute atomic E-state index is 0.214. The van der Waals surface area contributed by atoms with E-state index in [1.54, 1.807) is 0 Å². The third-order valence-corrected chi connectivity index (χ3v) is 3.07. The molecule has 0 aliphatic carbocycles. The highest BCUT2D eigenvalue weighted by Gasteiger charge is 2.10. The number of aliphatic hydroxyl groups excluding tert-OH is 1. The molecule has 2 rings (SSSR count). The SMILES string of the molecule is Cc1cn(C(C)C)c2cccc(CCO)c12. The molecule has 0 saturated carbocycles. The van der Waals surface area contributed by atoms with Crippen molar-refractivity contribution in [3.8, 4) is 0 Å². The normalized spacial score (nSPS) is 11.6. The molecule has 0 amide bonds. The lowest BCUT2D eigenvalue weighted by Gasteiger charge is -2.09. The third kappa shape index (κ3) is 1.74. The number of aliphatic hydroxyl groups is 1.